The molecule has 0 fully saturated rings. The number of thiazole rings is 1. The Kier molecular flexibility index (Phi) is 7.25. The second-order valence-electron chi connectivity index (χ2n) is 6.22. The van der Waals surface area contributed by atoms with Crippen LogP contribution in [0.25, 0.3) is 16.8 Å². The van der Waals surface area contributed by atoms with Crippen LogP contribution in [0.15, 0.2) is 54.0 Å². The minimum Gasteiger partial charge on any atom is -0.493 e. The van der Waals surface area contributed by atoms with Crippen molar-refractivity contribution in [3.05, 3.63) is 64.6 Å². The van der Waals surface area contributed by atoms with Gasteiger partial charge in [-0.3, -0.25) is 0 Å². The first-order chi connectivity index (χ1) is 15.1. The van der Waals surface area contributed by atoms with Crippen LogP contribution in [-0.4, -0.2) is 31.8 Å². The van der Waals surface area contributed by atoms with E-state index < -0.39 is 0 Å². The van der Waals surface area contributed by atoms with E-state index in [0.29, 0.717) is 34.3 Å². The predicted octanol–water partition coefficient (Wildman–Crippen LogP) is 4.98. The maximum Gasteiger partial charge on any atom is 0.338 e. The molecule has 3 aromatic rings. The first-order valence-electron chi connectivity index (χ1n) is 9.41. The Balaban J connectivity index is 1.76. The van der Waals surface area contributed by atoms with Gasteiger partial charge in [-0.05, 0) is 49.4 Å². The second-order valence-corrected chi connectivity index (χ2v) is 7.08. The van der Waals surface area contributed by atoms with Gasteiger partial charge in [0.15, 0.2) is 11.5 Å². The molecule has 2 aromatic carbocycles. The third kappa shape index (κ3) is 5.21. The van der Waals surface area contributed by atoms with Crippen LogP contribution in [0.3, 0.4) is 0 Å². The Morgan fingerprint density at radius 2 is 1.90 bits per heavy atom. The van der Waals surface area contributed by atoms with Gasteiger partial charge >= 0.3 is 5.97 Å². The van der Waals surface area contributed by atoms with Gasteiger partial charge in [0, 0.05) is 22.8 Å². The van der Waals surface area contributed by atoms with Crippen molar-refractivity contribution >= 4 is 28.6 Å². The number of rotatable bonds is 8. The summed E-state index contributed by atoms with van der Waals surface area (Å²) >= 11 is 1.37. The largest absolute Gasteiger partial charge is 0.493 e. The molecule has 31 heavy (non-hydrogen) atoms. The number of esters is 1. The van der Waals surface area contributed by atoms with Crippen LogP contribution in [0.1, 0.15) is 22.3 Å². The van der Waals surface area contributed by atoms with Gasteiger partial charge < -0.3 is 19.5 Å². The molecule has 0 aliphatic rings. The highest BCUT2D eigenvalue weighted by Crippen LogP contribution is 2.33. The number of benzene rings is 2. The number of hydrogen-bond donors (Lipinski definition) is 1. The van der Waals surface area contributed by atoms with E-state index in [4.69, 9.17) is 14.2 Å². The van der Waals surface area contributed by atoms with Crippen LogP contribution in [0.2, 0.25) is 0 Å². The van der Waals surface area contributed by atoms with E-state index in [0.717, 1.165) is 16.9 Å². The van der Waals surface area contributed by atoms with Crippen LogP contribution in [0.5, 0.6) is 11.5 Å². The molecule has 0 atom stereocenters. The molecule has 8 heteroatoms. The third-order valence-corrected chi connectivity index (χ3v) is 5.19. The van der Waals surface area contributed by atoms with Gasteiger partial charge in [0.05, 0.1) is 32.1 Å². The Labute approximate surface area is 184 Å². The summed E-state index contributed by atoms with van der Waals surface area (Å²) in [7, 11) is 3.16. The number of allylic oxidation sites excluding steroid dienone is 1. The Bertz CT molecular complexity index is 1130. The molecule has 0 amide bonds. The fourth-order valence-corrected chi connectivity index (χ4v) is 3.53. The minimum absolute atomic E-state index is 0.326. The molecule has 0 spiro atoms. The number of ether oxygens (including phenoxy) is 3. The molecule has 1 N–H and O–H groups in total. The minimum atomic E-state index is -0.368. The molecule has 0 radical (unpaired) electrons. The quantitative estimate of drug-likeness (QED) is 0.394. The first kappa shape index (κ1) is 21.9. The van der Waals surface area contributed by atoms with Crippen molar-refractivity contribution in [1.29, 1.82) is 5.26 Å². The van der Waals surface area contributed by atoms with Crippen LogP contribution >= 0.6 is 11.3 Å². The summed E-state index contributed by atoms with van der Waals surface area (Å²) in [6, 6.07) is 14.5. The Hall–Kier alpha value is -3.83. The third-order valence-electron chi connectivity index (χ3n) is 4.31. The molecule has 0 saturated carbocycles. The number of nitrogens with zero attached hydrogens (tertiary/aromatic N) is 2. The summed E-state index contributed by atoms with van der Waals surface area (Å²) in [4.78, 5) is 16.3. The van der Waals surface area contributed by atoms with Crippen molar-refractivity contribution in [2.24, 2.45) is 0 Å². The molecular weight excluding hydrogens is 414 g/mol. The topological polar surface area (TPSA) is 93.5 Å². The lowest BCUT2D eigenvalue weighted by atomic mass is 10.1. The van der Waals surface area contributed by atoms with Crippen LogP contribution in [0, 0.1) is 11.3 Å². The van der Waals surface area contributed by atoms with E-state index in [-0.39, 0.29) is 5.97 Å². The molecule has 0 aliphatic carbocycles. The average molecular weight is 436 g/mol. The van der Waals surface area contributed by atoms with Crippen molar-refractivity contribution in [2.75, 3.05) is 26.1 Å². The van der Waals surface area contributed by atoms with Gasteiger partial charge in [-0.25, -0.2) is 9.78 Å². The average Bonchev–Trinajstić information content (AvgIpc) is 3.29. The van der Waals surface area contributed by atoms with E-state index in [9.17, 15) is 10.1 Å². The molecular formula is C23H21N3O4S. The molecule has 0 bridgehead atoms. The standard InChI is InChI=1S/C23H21N3O4S/c1-4-30-23(27)15-5-8-18(9-6-15)25-13-17(12-24)22-26-19(14-31-22)16-7-10-20(28-2)21(11-16)29-3/h5-11,13-14,25H,4H2,1-3H3/b17-13-. The lowest BCUT2D eigenvalue weighted by Gasteiger charge is -2.08. The molecule has 158 valence electrons. The SMILES string of the molecule is CCOC(=O)c1ccc(N/C=C(/C#N)c2nc(-c3ccc(OC)c(OC)c3)cs2)cc1. The predicted molar refractivity (Wildman–Crippen MR) is 120 cm³/mol. The highest BCUT2D eigenvalue weighted by molar-refractivity contribution is 7.11. The maximum atomic E-state index is 11.7. The van der Waals surface area contributed by atoms with Gasteiger partial charge in [-0.1, -0.05) is 0 Å². The summed E-state index contributed by atoms with van der Waals surface area (Å²) in [5, 5.41) is 15.1. The van der Waals surface area contributed by atoms with Gasteiger partial charge in [0.2, 0.25) is 0 Å². The molecule has 3 rings (SSSR count). The highest BCUT2D eigenvalue weighted by atomic mass is 32.1. The van der Waals surface area contributed by atoms with Crippen molar-refractivity contribution in [3.8, 4) is 28.8 Å². The van der Waals surface area contributed by atoms with Gasteiger partial charge in [0.25, 0.3) is 0 Å². The van der Waals surface area contributed by atoms with Crippen molar-refractivity contribution in [2.45, 2.75) is 6.92 Å². The zero-order valence-electron chi connectivity index (χ0n) is 17.3. The van der Waals surface area contributed by atoms with E-state index in [1.165, 1.54) is 11.3 Å². The summed E-state index contributed by atoms with van der Waals surface area (Å²) in [5.41, 5.74) is 3.20. The fraction of sp³-hybridized carbons (Fsp3) is 0.174. The second kappa shape index (κ2) is 10.3. The number of hydrogen-bond acceptors (Lipinski definition) is 8. The van der Waals surface area contributed by atoms with Gasteiger partial charge in [-0.15, -0.1) is 11.3 Å². The zero-order chi connectivity index (χ0) is 22.2. The zero-order valence-corrected chi connectivity index (χ0v) is 18.2. The normalized spacial score (nSPS) is 10.8. The molecule has 1 heterocycles. The summed E-state index contributed by atoms with van der Waals surface area (Å²) in [5.74, 6) is 0.879. The number of carbonyl (C=O) groups excluding carboxylic acids is 1. The van der Waals surface area contributed by atoms with Gasteiger partial charge in [-0.2, -0.15) is 5.26 Å². The lowest BCUT2D eigenvalue weighted by molar-refractivity contribution is 0.0526. The number of nitrogens with one attached hydrogen (secondary N) is 1. The van der Waals surface area contributed by atoms with E-state index in [1.54, 1.807) is 51.6 Å². The Morgan fingerprint density at radius 3 is 2.55 bits per heavy atom. The molecule has 7 nitrogen and oxygen atoms in total. The number of anilines is 1. The maximum absolute atomic E-state index is 11.7. The van der Waals surface area contributed by atoms with Crippen LogP contribution in [-0.2, 0) is 4.74 Å². The molecule has 0 unspecified atom stereocenters. The van der Waals surface area contributed by atoms with Gasteiger partial charge in [0.1, 0.15) is 16.6 Å². The smallest absolute Gasteiger partial charge is 0.338 e. The lowest BCUT2D eigenvalue weighted by Crippen LogP contribution is -2.04. The van der Waals surface area contributed by atoms with E-state index >= 15 is 0 Å². The summed E-state index contributed by atoms with van der Waals surface area (Å²) in [6.07, 6.45) is 1.59. The molecule has 0 saturated heterocycles. The monoisotopic (exact) mass is 435 g/mol. The molecule has 1 aromatic heterocycles. The van der Waals surface area contributed by atoms with E-state index in [2.05, 4.69) is 16.4 Å². The van der Waals surface area contributed by atoms with E-state index in [1.807, 2.05) is 23.6 Å². The summed E-state index contributed by atoms with van der Waals surface area (Å²) < 4.78 is 15.6. The Morgan fingerprint density at radius 1 is 1.16 bits per heavy atom. The number of nitriles is 1. The first-order valence-corrected chi connectivity index (χ1v) is 10.3. The van der Waals surface area contributed by atoms with Crippen LogP contribution < -0.4 is 14.8 Å². The highest BCUT2D eigenvalue weighted by Gasteiger charge is 2.12. The van der Waals surface area contributed by atoms with Crippen molar-refractivity contribution in [3.63, 3.8) is 0 Å². The fourth-order valence-electron chi connectivity index (χ4n) is 2.74. The molecule has 0 aliphatic heterocycles. The van der Waals surface area contributed by atoms with Crippen LogP contribution in [0.4, 0.5) is 5.69 Å². The van der Waals surface area contributed by atoms with Crippen molar-refractivity contribution in [1.82, 2.24) is 4.98 Å². The number of carbonyl (C=O) groups is 1. The van der Waals surface area contributed by atoms with Crippen molar-refractivity contribution < 1.29 is 19.0 Å². The number of methoxy groups -OCH3 is 2. The summed E-state index contributed by atoms with van der Waals surface area (Å²) in [6.45, 7) is 2.09. The number of aromatic nitrogens is 1.